The fourth-order valence-corrected chi connectivity index (χ4v) is 7.23. The first-order chi connectivity index (χ1) is 19.2. The molecule has 3 saturated heterocycles. The maximum absolute atomic E-state index is 14.4. The predicted molar refractivity (Wildman–Crippen MR) is 153 cm³/mol. The Hall–Kier alpha value is -2.65. The van der Waals surface area contributed by atoms with Crippen LogP contribution in [-0.2, 0) is 19.1 Å². The number of anilines is 1. The molecular formula is C31H47N3O6. The maximum Gasteiger partial charge on any atom is 0.245 e. The van der Waals surface area contributed by atoms with Gasteiger partial charge in [-0.15, -0.1) is 0 Å². The number of likely N-dealkylation sites (tertiary alicyclic amines) is 1. The molecule has 0 aromatic heterocycles. The highest BCUT2D eigenvalue weighted by molar-refractivity contribution is 6.02. The van der Waals surface area contributed by atoms with Crippen LogP contribution in [0.15, 0.2) is 24.3 Å². The van der Waals surface area contributed by atoms with Crippen molar-refractivity contribution < 1.29 is 29.0 Å². The molecule has 222 valence electrons. The van der Waals surface area contributed by atoms with Crippen molar-refractivity contribution in [3.05, 3.63) is 24.3 Å². The van der Waals surface area contributed by atoms with Crippen molar-refractivity contribution in [2.45, 2.75) is 103 Å². The van der Waals surface area contributed by atoms with Crippen LogP contribution in [0, 0.1) is 17.8 Å². The molecule has 2 unspecified atom stereocenters. The Kier molecular flexibility index (Phi) is 9.45. The lowest BCUT2D eigenvalue weighted by Crippen LogP contribution is -2.59. The van der Waals surface area contributed by atoms with Crippen molar-refractivity contribution in [3.8, 4) is 5.75 Å². The average molecular weight is 558 g/mol. The lowest BCUT2D eigenvalue weighted by molar-refractivity contribution is -0.151. The van der Waals surface area contributed by atoms with Gasteiger partial charge in [0, 0.05) is 12.2 Å². The van der Waals surface area contributed by atoms with Gasteiger partial charge in [0.15, 0.2) is 0 Å². The van der Waals surface area contributed by atoms with Crippen LogP contribution in [0.5, 0.6) is 5.75 Å². The molecule has 0 radical (unpaired) electrons. The maximum atomic E-state index is 14.4. The molecule has 3 heterocycles. The largest absolute Gasteiger partial charge is 0.494 e. The molecule has 1 aromatic rings. The second-order valence-corrected chi connectivity index (χ2v) is 11.7. The summed E-state index contributed by atoms with van der Waals surface area (Å²) in [5, 5.41) is 16.5. The van der Waals surface area contributed by atoms with Crippen molar-refractivity contribution in [2.75, 3.05) is 25.1 Å². The van der Waals surface area contributed by atoms with E-state index >= 15 is 0 Å². The number of amides is 3. The second kappa shape index (κ2) is 12.5. The molecular weight excluding hydrogens is 510 g/mol. The average Bonchev–Trinajstić information content (AvgIpc) is 3.56. The van der Waals surface area contributed by atoms with Crippen LogP contribution < -0.4 is 15.4 Å². The summed E-state index contributed by atoms with van der Waals surface area (Å²) in [7, 11) is 0. The SMILES string of the molecule is CCCCCNC(=O)C1N([C@@H](CO)[C@@H](C)CC)C(=O)[C@@H]2[C@H](C(=O)Nc3ccc(OCC)cc3)[C@]3(CC)CCC12O3. The van der Waals surface area contributed by atoms with Gasteiger partial charge < -0.3 is 30.1 Å². The predicted octanol–water partition coefficient (Wildman–Crippen LogP) is 3.89. The van der Waals surface area contributed by atoms with E-state index in [4.69, 9.17) is 9.47 Å². The number of aliphatic hydroxyl groups excluding tert-OH is 1. The van der Waals surface area contributed by atoms with E-state index in [0.717, 1.165) is 25.7 Å². The topological polar surface area (TPSA) is 117 Å². The van der Waals surface area contributed by atoms with E-state index in [1.807, 2.05) is 27.7 Å². The van der Waals surface area contributed by atoms with E-state index in [1.165, 1.54) is 0 Å². The Morgan fingerprint density at radius 3 is 2.45 bits per heavy atom. The van der Waals surface area contributed by atoms with Crippen LogP contribution in [0.4, 0.5) is 5.69 Å². The van der Waals surface area contributed by atoms with Crippen LogP contribution >= 0.6 is 0 Å². The van der Waals surface area contributed by atoms with Crippen molar-refractivity contribution in [1.82, 2.24) is 10.2 Å². The van der Waals surface area contributed by atoms with Crippen LogP contribution in [0.2, 0.25) is 0 Å². The van der Waals surface area contributed by atoms with Crippen LogP contribution in [0.3, 0.4) is 0 Å². The summed E-state index contributed by atoms with van der Waals surface area (Å²) in [5.41, 5.74) is -1.33. The number of rotatable bonds is 14. The zero-order valence-electron chi connectivity index (χ0n) is 24.7. The van der Waals surface area contributed by atoms with Crippen LogP contribution in [-0.4, -0.2) is 70.8 Å². The van der Waals surface area contributed by atoms with E-state index in [9.17, 15) is 19.5 Å². The molecule has 3 fully saturated rings. The first-order valence-corrected chi connectivity index (χ1v) is 15.2. The van der Waals surface area contributed by atoms with Crippen molar-refractivity contribution in [2.24, 2.45) is 17.8 Å². The number of fused-ring (bicyclic) bond motifs is 1. The molecule has 3 aliphatic heterocycles. The van der Waals surface area contributed by atoms with E-state index < -0.39 is 35.1 Å². The number of benzene rings is 1. The van der Waals surface area contributed by atoms with Gasteiger partial charge in [0.05, 0.1) is 36.7 Å². The minimum Gasteiger partial charge on any atom is -0.494 e. The standard InChI is InChI=1S/C31H47N3O6/c1-6-10-11-18-32-28(37)26-31-17-16-30(8-3,40-31)24(25(31)29(38)34(26)23(19-35)20(5)7-2)27(36)33-21-12-14-22(15-13-21)39-9-4/h12-15,20,23-26,35H,6-11,16-19H2,1-5H3,(H,32,37)(H,33,36)/t20-,23-,24+,25-,26?,30-,31?/m0/s1. The number of unbranched alkanes of at least 4 members (excludes halogenated alkanes) is 2. The minimum absolute atomic E-state index is 0.0342. The lowest BCUT2D eigenvalue weighted by atomic mass is 9.65. The Morgan fingerprint density at radius 1 is 1.12 bits per heavy atom. The fourth-order valence-electron chi connectivity index (χ4n) is 7.23. The Labute approximate surface area is 238 Å². The summed E-state index contributed by atoms with van der Waals surface area (Å²) in [6.07, 6.45) is 5.28. The summed E-state index contributed by atoms with van der Waals surface area (Å²) in [6, 6.07) is 5.73. The van der Waals surface area contributed by atoms with Gasteiger partial charge in [0.25, 0.3) is 0 Å². The quantitative estimate of drug-likeness (QED) is 0.299. The smallest absolute Gasteiger partial charge is 0.245 e. The first kappa shape index (κ1) is 30.3. The van der Waals surface area contributed by atoms with E-state index in [0.29, 0.717) is 43.9 Å². The van der Waals surface area contributed by atoms with Gasteiger partial charge in [-0.25, -0.2) is 0 Å². The third kappa shape index (κ3) is 5.11. The number of hydrogen-bond donors (Lipinski definition) is 3. The molecule has 9 heteroatoms. The molecule has 3 N–H and O–H groups in total. The summed E-state index contributed by atoms with van der Waals surface area (Å²) < 4.78 is 12.3. The van der Waals surface area contributed by atoms with Crippen molar-refractivity contribution >= 4 is 23.4 Å². The molecule has 7 atom stereocenters. The number of nitrogens with zero attached hydrogens (tertiary/aromatic N) is 1. The molecule has 3 aliphatic rings. The Bertz CT molecular complexity index is 1060. The number of nitrogens with one attached hydrogen (secondary N) is 2. The summed E-state index contributed by atoms with van der Waals surface area (Å²) in [5.74, 6) is -1.67. The normalized spacial score (nSPS) is 30.2. The molecule has 40 heavy (non-hydrogen) atoms. The van der Waals surface area contributed by atoms with Gasteiger partial charge in [0.1, 0.15) is 17.4 Å². The molecule has 0 aliphatic carbocycles. The third-order valence-electron chi connectivity index (χ3n) is 9.51. The Balaban J connectivity index is 1.70. The molecule has 1 aromatic carbocycles. The molecule has 1 spiro atoms. The first-order valence-electron chi connectivity index (χ1n) is 15.2. The highest BCUT2D eigenvalue weighted by Gasteiger charge is 2.79. The van der Waals surface area contributed by atoms with Gasteiger partial charge in [0.2, 0.25) is 17.7 Å². The molecule has 9 nitrogen and oxygen atoms in total. The number of ether oxygens (including phenoxy) is 2. The molecule has 2 bridgehead atoms. The van der Waals surface area contributed by atoms with Gasteiger partial charge in [-0.2, -0.15) is 0 Å². The number of carbonyl (C=O) groups excluding carboxylic acids is 3. The fraction of sp³-hybridized carbons (Fsp3) is 0.710. The van der Waals surface area contributed by atoms with Crippen molar-refractivity contribution in [3.63, 3.8) is 0 Å². The zero-order chi connectivity index (χ0) is 29.1. The third-order valence-corrected chi connectivity index (χ3v) is 9.51. The van der Waals surface area contributed by atoms with E-state index in [-0.39, 0.29) is 30.2 Å². The summed E-state index contributed by atoms with van der Waals surface area (Å²) in [4.78, 5) is 43.8. The number of carbonyl (C=O) groups is 3. The summed E-state index contributed by atoms with van der Waals surface area (Å²) >= 11 is 0. The van der Waals surface area contributed by atoms with Crippen LogP contribution in [0.1, 0.15) is 79.6 Å². The van der Waals surface area contributed by atoms with Gasteiger partial charge in [-0.05, 0) is 62.8 Å². The molecule has 0 saturated carbocycles. The zero-order valence-corrected chi connectivity index (χ0v) is 24.7. The van der Waals surface area contributed by atoms with Gasteiger partial charge in [-0.1, -0.05) is 47.0 Å². The van der Waals surface area contributed by atoms with Crippen molar-refractivity contribution in [1.29, 1.82) is 0 Å². The molecule has 3 amide bonds. The number of hydrogen-bond acceptors (Lipinski definition) is 6. The monoisotopic (exact) mass is 557 g/mol. The molecule has 4 rings (SSSR count). The lowest BCUT2D eigenvalue weighted by Gasteiger charge is -2.39. The highest BCUT2D eigenvalue weighted by Crippen LogP contribution is 2.64. The summed E-state index contributed by atoms with van der Waals surface area (Å²) in [6.45, 7) is 10.8. The van der Waals surface area contributed by atoms with Gasteiger partial charge in [-0.3, -0.25) is 14.4 Å². The van der Waals surface area contributed by atoms with Gasteiger partial charge >= 0.3 is 0 Å². The highest BCUT2D eigenvalue weighted by atomic mass is 16.5. The van der Waals surface area contributed by atoms with Crippen LogP contribution in [0.25, 0.3) is 0 Å². The Morgan fingerprint density at radius 2 is 1.85 bits per heavy atom. The minimum atomic E-state index is -1.11. The van der Waals surface area contributed by atoms with E-state index in [1.54, 1.807) is 29.2 Å². The second-order valence-electron chi connectivity index (χ2n) is 11.7. The number of aliphatic hydroxyl groups is 1. The van der Waals surface area contributed by atoms with E-state index in [2.05, 4.69) is 17.6 Å².